The molecule has 1 aromatic carbocycles. The molecule has 22 heavy (non-hydrogen) atoms. The molecule has 1 saturated carbocycles. The van der Waals surface area contributed by atoms with Gasteiger partial charge in [-0.15, -0.1) is 11.6 Å². The lowest BCUT2D eigenvalue weighted by Gasteiger charge is -2.30. The monoisotopic (exact) mass is 321 g/mol. The van der Waals surface area contributed by atoms with Crippen LogP contribution in [0.3, 0.4) is 0 Å². The summed E-state index contributed by atoms with van der Waals surface area (Å²) in [6.45, 7) is 3.81. The summed E-state index contributed by atoms with van der Waals surface area (Å²) in [5, 5.41) is 9.60. The Morgan fingerprint density at radius 2 is 2.05 bits per heavy atom. The molecular formula is C17H24ClN3O. The minimum absolute atomic E-state index is 0.0205. The van der Waals surface area contributed by atoms with Crippen LogP contribution in [-0.4, -0.2) is 41.4 Å². The van der Waals surface area contributed by atoms with Crippen molar-refractivity contribution in [3.05, 3.63) is 24.3 Å². The van der Waals surface area contributed by atoms with Crippen molar-refractivity contribution in [2.24, 2.45) is 16.6 Å². The fourth-order valence-corrected chi connectivity index (χ4v) is 3.77. The Hall–Kier alpha value is -1.10. The van der Waals surface area contributed by atoms with E-state index in [1.165, 1.54) is 0 Å². The standard InChI is InChI=1S/C17H24ClN3O/c1-11-8-15(18)17(19)16(9-11)20-12-2-4-13(5-3-12)21-7-6-14(22)10-21/h2-5,11,14-15,17,22H,6-10,19H2,1H3. The van der Waals surface area contributed by atoms with Crippen molar-refractivity contribution in [3.63, 3.8) is 0 Å². The van der Waals surface area contributed by atoms with E-state index in [1.54, 1.807) is 0 Å². The van der Waals surface area contributed by atoms with Gasteiger partial charge in [0.15, 0.2) is 0 Å². The lowest BCUT2D eigenvalue weighted by molar-refractivity contribution is 0.198. The third-order valence-corrected chi connectivity index (χ3v) is 5.06. The molecule has 0 spiro atoms. The molecule has 0 bridgehead atoms. The van der Waals surface area contributed by atoms with E-state index in [0.717, 1.165) is 42.9 Å². The molecule has 5 heteroatoms. The van der Waals surface area contributed by atoms with Gasteiger partial charge in [-0.25, -0.2) is 0 Å². The maximum atomic E-state index is 9.62. The summed E-state index contributed by atoms with van der Waals surface area (Å²) in [6, 6.07) is 8.01. The van der Waals surface area contributed by atoms with Crippen molar-refractivity contribution in [1.29, 1.82) is 0 Å². The number of alkyl halides is 1. The maximum absolute atomic E-state index is 9.62. The van der Waals surface area contributed by atoms with Crippen LogP contribution >= 0.6 is 11.6 Å². The van der Waals surface area contributed by atoms with Gasteiger partial charge >= 0.3 is 0 Å². The molecule has 2 aliphatic rings. The van der Waals surface area contributed by atoms with E-state index in [2.05, 4.69) is 24.0 Å². The molecule has 4 atom stereocenters. The van der Waals surface area contributed by atoms with Crippen LogP contribution in [0.15, 0.2) is 29.3 Å². The Bertz CT molecular complexity index is 545. The average molecular weight is 322 g/mol. The molecule has 1 aliphatic carbocycles. The van der Waals surface area contributed by atoms with E-state index >= 15 is 0 Å². The Morgan fingerprint density at radius 1 is 1.32 bits per heavy atom. The van der Waals surface area contributed by atoms with Crippen LogP contribution < -0.4 is 10.6 Å². The minimum Gasteiger partial charge on any atom is -0.391 e. The lowest BCUT2D eigenvalue weighted by Crippen LogP contribution is -2.44. The number of β-amino-alcohol motifs (C(OH)–C–C–N with tert-alkyl or cyclic N) is 1. The third-order valence-electron chi connectivity index (χ3n) is 4.61. The van der Waals surface area contributed by atoms with Gasteiger partial charge in [-0.1, -0.05) is 6.92 Å². The Balaban J connectivity index is 1.74. The predicted octanol–water partition coefficient (Wildman–Crippen LogP) is 2.69. The summed E-state index contributed by atoms with van der Waals surface area (Å²) >= 11 is 6.31. The van der Waals surface area contributed by atoms with Gasteiger partial charge in [0.2, 0.25) is 0 Å². The van der Waals surface area contributed by atoms with E-state index in [0.29, 0.717) is 12.5 Å². The van der Waals surface area contributed by atoms with Gasteiger partial charge in [-0.2, -0.15) is 0 Å². The van der Waals surface area contributed by atoms with Gasteiger partial charge in [0.1, 0.15) is 0 Å². The number of benzene rings is 1. The van der Waals surface area contributed by atoms with E-state index < -0.39 is 0 Å². The Labute approximate surface area is 137 Å². The average Bonchev–Trinajstić information content (AvgIpc) is 2.91. The highest BCUT2D eigenvalue weighted by atomic mass is 35.5. The topological polar surface area (TPSA) is 61.8 Å². The molecule has 4 nitrogen and oxygen atoms in total. The van der Waals surface area contributed by atoms with Crippen LogP contribution in [0, 0.1) is 5.92 Å². The SMILES string of the molecule is CC1CC(=Nc2ccc(N3CCC(O)C3)cc2)C(N)C(Cl)C1. The molecular weight excluding hydrogens is 298 g/mol. The molecule has 1 saturated heterocycles. The highest BCUT2D eigenvalue weighted by Crippen LogP contribution is 2.28. The molecule has 1 aromatic rings. The molecule has 3 rings (SSSR count). The largest absolute Gasteiger partial charge is 0.391 e. The number of aliphatic hydroxyl groups is 1. The first-order chi connectivity index (χ1) is 10.5. The highest BCUT2D eigenvalue weighted by Gasteiger charge is 2.29. The molecule has 3 N–H and O–H groups in total. The van der Waals surface area contributed by atoms with Crippen LogP contribution in [0.25, 0.3) is 0 Å². The van der Waals surface area contributed by atoms with Gasteiger partial charge in [0.05, 0.1) is 23.2 Å². The molecule has 120 valence electrons. The zero-order valence-corrected chi connectivity index (χ0v) is 13.7. The molecule has 0 amide bonds. The second kappa shape index (κ2) is 6.57. The number of rotatable bonds is 2. The predicted molar refractivity (Wildman–Crippen MR) is 92.4 cm³/mol. The second-order valence-electron chi connectivity index (χ2n) is 6.59. The van der Waals surface area contributed by atoms with Gasteiger partial charge in [0.25, 0.3) is 0 Å². The number of anilines is 1. The molecule has 0 radical (unpaired) electrons. The van der Waals surface area contributed by atoms with Crippen LogP contribution in [0.5, 0.6) is 0 Å². The summed E-state index contributed by atoms with van der Waals surface area (Å²) < 4.78 is 0. The zero-order valence-electron chi connectivity index (χ0n) is 13.0. The van der Waals surface area contributed by atoms with Crippen molar-refractivity contribution >= 4 is 28.7 Å². The number of nitrogens with two attached hydrogens (primary N) is 1. The van der Waals surface area contributed by atoms with Crippen LogP contribution in [0.2, 0.25) is 0 Å². The van der Waals surface area contributed by atoms with Crippen LogP contribution in [-0.2, 0) is 0 Å². The zero-order chi connectivity index (χ0) is 15.7. The van der Waals surface area contributed by atoms with Crippen molar-refractivity contribution in [2.75, 3.05) is 18.0 Å². The smallest absolute Gasteiger partial charge is 0.0731 e. The number of aliphatic imine (C=N–C) groups is 1. The first kappa shape index (κ1) is 15.8. The van der Waals surface area contributed by atoms with Gasteiger partial charge in [-0.05, 0) is 49.4 Å². The molecule has 0 aromatic heterocycles. The van der Waals surface area contributed by atoms with Crippen LogP contribution in [0.4, 0.5) is 11.4 Å². The number of hydrogen-bond acceptors (Lipinski definition) is 4. The number of halogens is 1. The molecule has 1 heterocycles. The summed E-state index contributed by atoms with van der Waals surface area (Å²) in [6.07, 6.45) is 2.51. The normalized spacial score (nSPS) is 34.4. The summed E-state index contributed by atoms with van der Waals surface area (Å²) in [7, 11) is 0. The van der Waals surface area contributed by atoms with Crippen molar-refractivity contribution in [3.8, 4) is 0 Å². The fraction of sp³-hybridized carbons (Fsp3) is 0.588. The Kier molecular flexibility index (Phi) is 4.71. The summed E-state index contributed by atoms with van der Waals surface area (Å²) in [5.41, 5.74) is 9.24. The first-order valence-electron chi connectivity index (χ1n) is 8.03. The fourth-order valence-electron chi connectivity index (χ4n) is 3.32. The van der Waals surface area contributed by atoms with E-state index in [4.69, 9.17) is 22.3 Å². The van der Waals surface area contributed by atoms with E-state index in [9.17, 15) is 5.11 Å². The van der Waals surface area contributed by atoms with Gasteiger partial charge in [-0.3, -0.25) is 4.99 Å². The van der Waals surface area contributed by atoms with Crippen molar-refractivity contribution < 1.29 is 5.11 Å². The molecule has 2 fully saturated rings. The van der Waals surface area contributed by atoms with Gasteiger partial charge in [0, 0.05) is 24.5 Å². The first-order valence-corrected chi connectivity index (χ1v) is 8.46. The summed E-state index contributed by atoms with van der Waals surface area (Å²) in [4.78, 5) is 6.92. The lowest BCUT2D eigenvalue weighted by atomic mass is 9.85. The highest BCUT2D eigenvalue weighted by molar-refractivity contribution is 6.23. The molecule has 1 aliphatic heterocycles. The number of aliphatic hydroxyl groups excluding tert-OH is 1. The van der Waals surface area contributed by atoms with E-state index in [-0.39, 0.29) is 17.5 Å². The quantitative estimate of drug-likeness (QED) is 0.823. The number of nitrogens with zero attached hydrogens (tertiary/aromatic N) is 2. The molecule has 4 unspecified atom stereocenters. The van der Waals surface area contributed by atoms with E-state index in [1.807, 2.05) is 12.1 Å². The third kappa shape index (κ3) is 3.45. The maximum Gasteiger partial charge on any atom is 0.0731 e. The van der Waals surface area contributed by atoms with Crippen molar-refractivity contribution in [2.45, 2.75) is 43.7 Å². The van der Waals surface area contributed by atoms with Crippen LogP contribution in [0.1, 0.15) is 26.2 Å². The second-order valence-corrected chi connectivity index (χ2v) is 7.16. The Morgan fingerprint density at radius 3 is 2.68 bits per heavy atom. The minimum atomic E-state index is -0.206. The van der Waals surface area contributed by atoms with Crippen molar-refractivity contribution in [1.82, 2.24) is 0 Å². The summed E-state index contributed by atoms with van der Waals surface area (Å²) in [5.74, 6) is 0.534. The number of hydrogen-bond donors (Lipinski definition) is 2. The van der Waals surface area contributed by atoms with Gasteiger partial charge < -0.3 is 15.7 Å².